The molecule has 6 nitrogen and oxygen atoms in total. The van der Waals surface area contributed by atoms with Crippen molar-refractivity contribution in [2.24, 2.45) is 0 Å². The third-order valence-corrected chi connectivity index (χ3v) is 3.84. The zero-order valence-corrected chi connectivity index (χ0v) is 11.9. The van der Waals surface area contributed by atoms with E-state index in [1.165, 1.54) is 7.11 Å². The Morgan fingerprint density at radius 1 is 1.48 bits per heavy atom. The van der Waals surface area contributed by atoms with Gasteiger partial charge in [0.1, 0.15) is 0 Å². The van der Waals surface area contributed by atoms with Crippen molar-refractivity contribution < 1.29 is 9.53 Å². The Balaban J connectivity index is 1.82. The Hall–Kier alpha value is -2.50. The van der Waals surface area contributed by atoms with Crippen LogP contribution in [0.15, 0.2) is 30.5 Å². The summed E-state index contributed by atoms with van der Waals surface area (Å²) < 4.78 is 4.63. The zero-order valence-electron chi connectivity index (χ0n) is 11.9. The number of carbonyl (C=O) groups is 1. The van der Waals surface area contributed by atoms with Gasteiger partial charge in [-0.3, -0.25) is 4.98 Å². The van der Waals surface area contributed by atoms with Gasteiger partial charge in [0.15, 0.2) is 0 Å². The van der Waals surface area contributed by atoms with E-state index in [1.807, 2.05) is 24.3 Å². The minimum absolute atomic E-state index is 0.0847. The van der Waals surface area contributed by atoms with Gasteiger partial charge >= 0.3 is 6.09 Å². The van der Waals surface area contributed by atoms with Crippen molar-refractivity contribution >= 4 is 28.4 Å². The summed E-state index contributed by atoms with van der Waals surface area (Å²) in [5, 5.41) is 3.79. The fourth-order valence-electron chi connectivity index (χ4n) is 2.76. The van der Waals surface area contributed by atoms with Crippen LogP contribution in [0.3, 0.4) is 0 Å². The number of rotatable bonds is 2. The van der Waals surface area contributed by atoms with Gasteiger partial charge in [-0.15, -0.1) is 0 Å². The molecule has 1 atom stereocenters. The molecule has 0 saturated carbocycles. The Labute approximate surface area is 122 Å². The summed E-state index contributed by atoms with van der Waals surface area (Å²) in [7, 11) is 1.37. The number of aromatic nitrogens is 1. The first kappa shape index (κ1) is 13.5. The molecule has 0 radical (unpaired) electrons. The van der Waals surface area contributed by atoms with Crippen LogP contribution in [0, 0.1) is 0 Å². The molecule has 1 aliphatic rings. The summed E-state index contributed by atoms with van der Waals surface area (Å²) in [6.07, 6.45) is 2.24. The highest BCUT2D eigenvalue weighted by Gasteiger charge is 2.25. The molecule has 6 heteroatoms. The Bertz CT molecular complexity index is 674. The second-order valence-electron chi connectivity index (χ2n) is 5.14. The molecule has 1 saturated heterocycles. The highest BCUT2D eigenvalue weighted by molar-refractivity contribution is 5.97. The van der Waals surface area contributed by atoms with Crippen LogP contribution in [-0.4, -0.2) is 37.3 Å². The van der Waals surface area contributed by atoms with Crippen molar-refractivity contribution in [2.45, 2.75) is 12.5 Å². The molecule has 2 heterocycles. The number of anilines is 2. The van der Waals surface area contributed by atoms with E-state index in [9.17, 15) is 4.79 Å². The minimum Gasteiger partial charge on any atom is -0.453 e. The molecular weight excluding hydrogens is 268 g/mol. The van der Waals surface area contributed by atoms with Crippen LogP contribution in [0.5, 0.6) is 0 Å². The van der Waals surface area contributed by atoms with Gasteiger partial charge < -0.3 is 20.7 Å². The van der Waals surface area contributed by atoms with Crippen LogP contribution >= 0.6 is 0 Å². The maximum absolute atomic E-state index is 11.3. The molecule has 21 heavy (non-hydrogen) atoms. The standard InChI is InChI=1S/C15H18N4O2/c1-21-15(20)18-10-6-8-19(9-10)13-5-4-12-11(14(13)16)3-2-7-17-12/h2-5,7,10H,6,8-9,16H2,1H3,(H,18,20). The van der Waals surface area contributed by atoms with Gasteiger partial charge in [-0.25, -0.2) is 4.79 Å². The average Bonchev–Trinajstić information content (AvgIpc) is 2.96. The number of nitrogens with one attached hydrogen (secondary N) is 1. The molecule has 1 aromatic carbocycles. The molecule has 0 spiro atoms. The van der Waals surface area contributed by atoms with E-state index < -0.39 is 6.09 Å². The molecule has 2 aromatic rings. The van der Waals surface area contributed by atoms with Crippen LogP contribution in [0.25, 0.3) is 10.9 Å². The lowest BCUT2D eigenvalue weighted by Gasteiger charge is -2.21. The number of nitrogens with two attached hydrogens (primary N) is 1. The Morgan fingerprint density at radius 2 is 2.33 bits per heavy atom. The zero-order chi connectivity index (χ0) is 14.8. The quantitative estimate of drug-likeness (QED) is 0.822. The third kappa shape index (κ3) is 2.56. The maximum Gasteiger partial charge on any atom is 0.407 e. The smallest absolute Gasteiger partial charge is 0.407 e. The fourth-order valence-corrected chi connectivity index (χ4v) is 2.76. The summed E-state index contributed by atoms with van der Waals surface area (Å²) in [6.45, 7) is 1.58. The predicted molar refractivity (Wildman–Crippen MR) is 82.3 cm³/mol. The lowest BCUT2D eigenvalue weighted by Crippen LogP contribution is -2.37. The molecule has 0 aliphatic carbocycles. The fraction of sp³-hybridized carbons (Fsp3) is 0.333. The molecule has 0 bridgehead atoms. The average molecular weight is 286 g/mol. The second-order valence-corrected chi connectivity index (χ2v) is 5.14. The number of hydrogen-bond acceptors (Lipinski definition) is 5. The van der Waals surface area contributed by atoms with Crippen LogP contribution in [-0.2, 0) is 4.74 Å². The number of hydrogen-bond donors (Lipinski definition) is 2. The highest BCUT2D eigenvalue weighted by atomic mass is 16.5. The van der Waals surface area contributed by atoms with Gasteiger partial charge in [0.2, 0.25) is 0 Å². The third-order valence-electron chi connectivity index (χ3n) is 3.84. The monoisotopic (exact) mass is 286 g/mol. The first-order chi connectivity index (χ1) is 10.2. The number of nitrogens with zero attached hydrogens (tertiary/aromatic N) is 2. The van der Waals surface area contributed by atoms with Crippen LogP contribution in [0.1, 0.15) is 6.42 Å². The summed E-state index contributed by atoms with van der Waals surface area (Å²) in [5.41, 5.74) is 8.89. The van der Waals surface area contributed by atoms with E-state index in [4.69, 9.17) is 5.73 Å². The van der Waals surface area contributed by atoms with Crippen molar-refractivity contribution in [1.82, 2.24) is 10.3 Å². The van der Waals surface area contributed by atoms with E-state index in [0.717, 1.165) is 41.8 Å². The van der Waals surface area contributed by atoms with E-state index in [-0.39, 0.29) is 6.04 Å². The van der Waals surface area contributed by atoms with Crippen molar-refractivity contribution in [1.29, 1.82) is 0 Å². The molecule has 1 aromatic heterocycles. The number of amides is 1. The molecule has 3 N–H and O–H groups in total. The summed E-state index contributed by atoms with van der Waals surface area (Å²) >= 11 is 0. The van der Waals surface area contributed by atoms with Crippen molar-refractivity contribution in [2.75, 3.05) is 30.8 Å². The van der Waals surface area contributed by atoms with E-state index in [1.54, 1.807) is 6.20 Å². The van der Waals surface area contributed by atoms with Gasteiger partial charge in [-0.2, -0.15) is 0 Å². The lowest BCUT2D eigenvalue weighted by atomic mass is 10.1. The number of carbonyl (C=O) groups excluding carboxylic acids is 1. The molecular formula is C15H18N4O2. The number of fused-ring (bicyclic) bond motifs is 1. The minimum atomic E-state index is -0.391. The lowest BCUT2D eigenvalue weighted by molar-refractivity contribution is 0.167. The number of benzene rings is 1. The number of pyridine rings is 1. The summed E-state index contributed by atoms with van der Waals surface area (Å²) in [6, 6.07) is 7.91. The summed E-state index contributed by atoms with van der Waals surface area (Å²) in [4.78, 5) is 17.8. The Kier molecular flexibility index (Phi) is 3.51. The largest absolute Gasteiger partial charge is 0.453 e. The van der Waals surface area contributed by atoms with Gasteiger partial charge in [-0.05, 0) is 30.7 Å². The van der Waals surface area contributed by atoms with Crippen LogP contribution in [0.2, 0.25) is 0 Å². The van der Waals surface area contributed by atoms with Gasteiger partial charge in [0.25, 0.3) is 0 Å². The van der Waals surface area contributed by atoms with Crippen molar-refractivity contribution in [3.63, 3.8) is 0 Å². The highest BCUT2D eigenvalue weighted by Crippen LogP contribution is 2.32. The second kappa shape index (κ2) is 5.47. The molecule has 1 amide bonds. The van der Waals surface area contributed by atoms with Crippen molar-refractivity contribution in [3.05, 3.63) is 30.5 Å². The SMILES string of the molecule is COC(=O)NC1CCN(c2ccc3ncccc3c2N)C1. The van der Waals surface area contributed by atoms with Gasteiger partial charge in [-0.1, -0.05) is 0 Å². The molecule has 3 rings (SSSR count). The van der Waals surface area contributed by atoms with Gasteiger partial charge in [0, 0.05) is 24.7 Å². The summed E-state index contributed by atoms with van der Waals surface area (Å²) in [5.74, 6) is 0. The van der Waals surface area contributed by atoms with E-state index in [2.05, 4.69) is 19.9 Å². The maximum atomic E-state index is 11.3. The number of methoxy groups -OCH3 is 1. The van der Waals surface area contributed by atoms with Crippen molar-refractivity contribution in [3.8, 4) is 0 Å². The topological polar surface area (TPSA) is 80.5 Å². The Morgan fingerprint density at radius 3 is 3.14 bits per heavy atom. The molecule has 110 valence electrons. The molecule has 1 unspecified atom stereocenters. The molecule has 1 fully saturated rings. The number of nitrogen functional groups attached to an aromatic ring is 1. The number of alkyl carbamates (subject to hydrolysis) is 1. The first-order valence-corrected chi connectivity index (χ1v) is 6.91. The van der Waals surface area contributed by atoms with Crippen LogP contribution in [0.4, 0.5) is 16.2 Å². The van der Waals surface area contributed by atoms with E-state index >= 15 is 0 Å². The van der Waals surface area contributed by atoms with Gasteiger partial charge in [0.05, 0.1) is 30.0 Å². The van der Waals surface area contributed by atoms with Crippen LogP contribution < -0.4 is 16.0 Å². The molecule has 1 aliphatic heterocycles. The first-order valence-electron chi connectivity index (χ1n) is 6.91. The van der Waals surface area contributed by atoms with E-state index in [0.29, 0.717) is 0 Å². The normalized spacial score (nSPS) is 18.0. The predicted octanol–water partition coefficient (Wildman–Crippen LogP) is 1.75. The number of ether oxygens (including phenoxy) is 1.